The average molecular weight is 335 g/mol. The van der Waals surface area contributed by atoms with Crippen molar-refractivity contribution in [3.8, 4) is 17.0 Å². The molecule has 1 N–H and O–H groups in total. The molecule has 0 atom stereocenters. The number of methoxy groups -OCH3 is 1. The Labute approximate surface area is 128 Å². The van der Waals surface area contributed by atoms with E-state index in [1.165, 1.54) is 11.1 Å². The molecule has 2 rings (SSSR count). The SMILES string of the molecule is CCNCc1cc(C)ccc1-c1cc(Br)cnc1OC. The van der Waals surface area contributed by atoms with Crippen LogP contribution in [0, 0.1) is 6.92 Å². The van der Waals surface area contributed by atoms with Crippen LogP contribution in [-0.4, -0.2) is 18.6 Å². The number of nitrogens with zero attached hydrogens (tertiary/aromatic N) is 1. The molecule has 1 heterocycles. The van der Waals surface area contributed by atoms with Crippen LogP contribution in [0.3, 0.4) is 0 Å². The van der Waals surface area contributed by atoms with E-state index in [4.69, 9.17) is 4.74 Å². The van der Waals surface area contributed by atoms with Crippen LogP contribution >= 0.6 is 15.9 Å². The molecule has 0 aliphatic carbocycles. The maximum absolute atomic E-state index is 5.39. The van der Waals surface area contributed by atoms with Crippen molar-refractivity contribution in [1.29, 1.82) is 0 Å². The fourth-order valence-electron chi connectivity index (χ4n) is 2.17. The van der Waals surface area contributed by atoms with Crippen molar-refractivity contribution in [2.45, 2.75) is 20.4 Å². The number of nitrogens with one attached hydrogen (secondary N) is 1. The molecule has 0 saturated carbocycles. The zero-order chi connectivity index (χ0) is 14.5. The maximum atomic E-state index is 5.39. The number of benzene rings is 1. The number of pyridine rings is 1. The molecule has 1 aromatic heterocycles. The molecule has 0 radical (unpaired) electrons. The minimum absolute atomic E-state index is 0.648. The van der Waals surface area contributed by atoms with Crippen LogP contribution in [0.15, 0.2) is 34.9 Å². The van der Waals surface area contributed by atoms with Crippen LogP contribution in [0.25, 0.3) is 11.1 Å². The molecule has 4 heteroatoms. The van der Waals surface area contributed by atoms with E-state index < -0.39 is 0 Å². The van der Waals surface area contributed by atoms with Gasteiger partial charge >= 0.3 is 0 Å². The third kappa shape index (κ3) is 3.38. The van der Waals surface area contributed by atoms with Gasteiger partial charge in [0.1, 0.15) is 0 Å². The zero-order valence-corrected chi connectivity index (χ0v) is 13.6. The summed E-state index contributed by atoms with van der Waals surface area (Å²) in [6.07, 6.45) is 1.75. The summed E-state index contributed by atoms with van der Waals surface area (Å²) in [6.45, 7) is 6.00. The number of hydrogen-bond donors (Lipinski definition) is 1. The second-order valence-corrected chi connectivity index (χ2v) is 5.57. The first-order chi connectivity index (χ1) is 9.65. The highest BCUT2D eigenvalue weighted by Gasteiger charge is 2.12. The summed E-state index contributed by atoms with van der Waals surface area (Å²) < 4.78 is 6.34. The molecule has 0 amide bonds. The van der Waals surface area contributed by atoms with E-state index in [9.17, 15) is 0 Å². The molecule has 2 aromatic rings. The second kappa shape index (κ2) is 6.86. The second-order valence-electron chi connectivity index (χ2n) is 4.65. The summed E-state index contributed by atoms with van der Waals surface area (Å²) >= 11 is 3.48. The number of aryl methyl sites for hydroxylation is 1. The van der Waals surface area contributed by atoms with Crippen molar-refractivity contribution in [3.63, 3.8) is 0 Å². The predicted octanol–water partition coefficient (Wildman–Crippen LogP) is 3.94. The summed E-state index contributed by atoms with van der Waals surface area (Å²) in [5.41, 5.74) is 4.67. The van der Waals surface area contributed by atoms with Crippen molar-refractivity contribution in [1.82, 2.24) is 10.3 Å². The molecule has 106 valence electrons. The number of ether oxygens (including phenoxy) is 1. The van der Waals surface area contributed by atoms with Crippen LogP contribution in [0.1, 0.15) is 18.1 Å². The van der Waals surface area contributed by atoms with Gasteiger partial charge in [0.25, 0.3) is 0 Å². The van der Waals surface area contributed by atoms with E-state index in [0.717, 1.165) is 28.7 Å². The smallest absolute Gasteiger partial charge is 0.221 e. The van der Waals surface area contributed by atoms with Crippen molar-refractivity contribution in [3.05, 3.63) is 46.1 Å². The van der Waals surface area contributed by atoms with Gasteiger partial charge in [-0.25, -0.2) is 4.98 Å². The highest BCUT2D eigenvalue weighted by Crippen LogP contribution is 2.33. The normalized spacial score (nSPS) is 10.6. The fraction of sp³-hybridized carbons (Fsp3) is 0.312. The van der Waals surface area contributed by atoms with Gasteiger partial charge in [0, 0.05) is 22.8 Å². The fourth-order valence-corrected chi connectivity index (χ4v) is 2.50. The Morgan fingerprint density at radius 3 is 2.75 bits per heavy atom. The highest BCUT2D eigenvalue weighted by molar-refractivity contribution is 9.10. The van der Waals surface area contributed by atoms with E-state index >= 15 is 0 Å². The molecular formula is C16H19BrN2O. The maximum Gasteiger partial charge on any atom is 0.221 e. The van der Waals surface area contributed by atoms with Gasteiger partial charge in [-0.15, -0.1) is 0 Å². The Hall–Kier alpha value is -1.39. The minimum Gasteiger partial charge on any atom is -0.481 e. The minimum atomic E-state index is 0.648. The molecule has 0 fully saturated rings. The van der Waals surface area contributed by atoms with E-state index in [1.807, 2.05) is 6.07 Å². The third-order valence-corrected chi connectivity index (χ3v) is 3.56. The van der Waals surface area contributed by atoms with E-state index in [-0.39, 0.29) is 0 Å². The topological polar surface area (TPSA) is 34.2 Å². The lowest BCUT2D eigenvalue weighted by atomic mass is 9.98. The Kier molecular flexibility index (Phi) is 5.15. The summed E-state index contributed by atoms with van der Waals surface area (Å²) in [5, 5.41) is 3.38. The van der Waals surface area contributed by atoms with Crippen LogP contribution in [0.4, 0.5) is 0 Å². The van der Waals surface area contributed by atoms with E-state index in [2.05, 4.69) is 58.3 Å². The van der Waals surface area contributed by atoms with Crippen molar-refractivity contribution in [2.24, 2.45) is 0 Å². The average Bonchev–Trinajstić information content (AvgIpc) is 2.45. The largest absolute Gasteiger partial charge is 0.481 e. The number of halogens is 1. The summed E-state index contributed by atoms with van der Waals surface area (Å²) in [7, 11) is 1.65. The van der Waals surface area contributed by atoms with Crippen LogP contribution in [-0.2, 0) is 6.54 Å². The highest BCUT2D eigenvalue weighted by atomic mass is 79.9. The Morgan fingerprint density at radius 1 is 1.25 bits per heavy atom. The van der Waals surface area contributed by atoms with E-state index in [0.29, 0.717) is 5.88 Å². The lowest BCUT2D eigenvalue weighted by Crippen LogP contribution is -2.12. The van der Waals surface area contributed by atoms with Gasteiger partial charge in [-0.1, -0.05) is 30.7 Å². The first kappa shape index (κ1) is 15.0. The van der Waals surface area contributed by atoms with E-state index in [1.54, 1.807) is 13.3 Å². The number of rotatable bonds is 5. The van der Waals surface area contributed by atoms with Crippen LogP contribution in [0.2, 0.25) is 0 Å². The Morgan fingerprint density at radius 2 is 2.05 bits per heavy atom. The van der Waals surface area contributed by atoms with Gasteiger partial charge in [-0.05, 0) is 46.6 Å². The van der Waals surface area contributed by atoms with Crippen LogP contribution < -0.4 is 10.1 Å². The first-order valence-corrected chi connectivity index (χ1v) is 7.45. The van der Waals surface area contributed by atoms with Gasteiger partial charge in [0.2, 0.25) is 5.88 Å². The summed E-state index contributed by atoms with van der Waals surface area (Å²) in [5.74, 6) is 0.648. The third-order valence-electron chi connectivity index (χ3n) is 3.13. The van der Waals surface area contributed by atoms with Gasteiger partial charge < -0.3 is 10.1 Å². The van der Waals surface area contributed by atoms with Crippen molar-refractivity contribution in [2.75, 3.05) is 13.7 Å². The van der Waals surface area contributed by atoms with Crippen molar-refractivity contribution < 1.29 is 4.74 Å². The molecule has 1 aromatic carbocycles. The Bertz CT molecular complexity index is 599. The summed E-state index contributed by atoms with van der Waals surface area (Å²) in [6, 6.07) is 8.50. The van der Waals surface area contributed by atoms with Gasteiger partial charge in [0.15, 0.2) is 0 Å². The number of aromatic nitrogens is 1. The Balaban J connectivity index is 2.53. The standard InChI is InChI=1S/C16H19BrN2O/c1-4-18-9-12-7-11(2)5-6-14(12)15-8-13(17)10-19-16(15)20-3/h5-8,10,18H,4,9H2,1-3H3. The molecule has 0 aliphatic rings. The van der Waals surface area contributed by atoms with Gasteiger partial charge in [0.05, 0.1) is 7.11 Å². The predicted molar refractivity (Wildman–Crippen MR) is 86.0 cm³/mol. The van der Waals surface area contributed by atoms with Crippen LogP contribution in [0.5, 0.6) is 5.88 Å². The molecule has 0 unspecified atom stereocenters. The zero-order valence-electron chi connectivity index (χ0n) is 12.0. The quantitative estimate of drug-likeness (QED) is 0.899. The lowest BCUT2D eigenvalue weighted by Gasteiger charge is -2.14. The van der Waals surface area contributed by atoms with Gasteiger partial charge in [-0.3, -0.25) is 0 Å². The molecule has 0 saturated heterocycles. The molecule has 0 bridgehead atoms. The molecule has 3 nitrogen and oxygen atoms in total. The van der Waals surface area contributed by atoms with Gasteiger partial charge in [-0.2, -0.15) is 0 Å². The lowest BCUT2D eigenvalue weighted by molar-refractivity contribution is 0.399. The molecule has 0 aliphatic heterocycles. The summed E-state index contributed by atoms with van der Waals surface area (Å²) in [4.78, 5) is 4.33. The molecule has 0 spiro atoms. The first-order valence-electron chi connectivity index (χ1n) is 6.65. The molecule has 20 heavy (non-hydrogen) atoms. The number of hydrogen-bond acceptors (Lipinski definition) is 3. The molecular weight excluding hydrogens is 316 g/mol. The monoisotopic (exact) mass is 334 g/mol. The van der Waals surface area contributed by atoms with Crippen molar-refractivity contribution >= 4 is 15.9 Å².